The van der Waals surface area contributed by atoms with Crippen molar-refractivity contribution in [3.8, 4) is 17.9 Å². The summed E-state index contributed by atoms with van der Waals surface area (Å²) in [5, 5.41) is 55.1. The first-order valence-electron chi connectivity index (χ1n) is 7.19. The highest BCUT2D eigenvalue weighted by molar-refractivity contribution is 7.94. The van der Waals surface area contributed by atoms with Crippen LogP contribution in [0.15, 0.2) is 35.2 Å². The van der Waals surface area contributed by atoms with E-state index in [1.54, 1.807) is 6.92 Å². The Morgan fingerprint density at radius 3 is 1.81 bits per heavy atom. The summed E-state index contributed by atoms with van der Waals surface area (Å²) in [6.07, 6.45) is -3.67. The Kier molecular flexibility index (Phi) is 6.55. The normalized spacial score (nSPS) is 10.7. The Bertz CT molecular complexity index is 825. The lowest BCUT2D eigenvalue weighted by molar-refractivity contribution is -0.0803. The molecule has 0 fully saturated rings. The molecule has 0 saturated heterocycles. The van der Waals surface area contributed by atoms with Gasteiger partial charge in [0.05, 0.1) is 35.3 Å². The molecule has 2 aromatic rings. The number of benzene rings is 2. The van der Waals surface area contributed by atoms with Crippen molar-refractivity contribution in [1.29, 1.82) is 10.5 Å². The summed E-state index contributed by atoms with van der Waals surface area (Å²) in [7, 11) is 0. The minimum Gasteiger partial charge on any atom is -0.364 e. The lowest BCUT2D eigenvalue weighted by atomic mass is 10.0. The van der Waals surface area contributed by atoms with Crippen molar-refractivity contribution < 1.29 is 29.6 Å². The number of hydrogen-bond acceptors (Lipinski definition) is 9. The minimum absolute atomic E-state index is 0.000625. The first-order valence-corrected chi connectivity index (χ1v) is 7.93. The van der Waals surface area contributed by atoms with Gasteiger partial charge in [-0.25, -0.2) is 0 Å². The maximum absolute atomic E-state index is 9.23. The smallest absolute Gasteiger partial charge is 0.178 e. The fourth-order valence-electron chi connectivity index (χ4n) is 2.06. The van der Waals surface area contributed by atoms with E-state index in [1.807, 2.05) is 12.1 Å². The molecule has 26 heavy (non-hydrogen) atoms. The second-order valence-electron chi connectivity index (χ2n) is 5.18. The quantitative estimate of drug-likeness (QED) is 0.257. The average molecular weight is 374 g/mol. The van der Waals surface area contributed by atoms with Crippen molar-refractivity contribution in [2.24, 2.45) is 0 Å². The summed E-state index contributed by atoms with van der Waals surface area (Å²) >= 11 is 0.737. The van der Waals surface area contributed by atoms with Crippen LogP contribution in [0.1, 0.15) is 40.4 Å². The Balaban J connectivity index is 2.16. The molecule has 8 nitrogen and oxygen atoms in total. The molecule has 0 amide bonds. The molecule has 9 heteroatoms. The van der Waals surface area contributed by atoms with Gasteiger partial charge in [0, 0.05) is 16.0 Å². The molecule has 0 aliphatic heterocycles. The van der Waals surface area contributed by atoms with Crippen LogP contribution in [-0.2, 0) is 4.33 Å². The molecule has 4 N–H and O–H groups in total. The molecule has 0 bridgehead atoms. The predicted molar refractivity (Wildman–Crippen MR) is 89.0 cm³/mol. The molecular weight excluding hydrogens is 360 g/mol. The monoisotopic (exact) mass is 374 g/mol. The Hall–Kier alpha value is -2.63. The van der Waals surface area contributed by atoms with Gasteiger partial charge in [0.25, 0.3) is 0 Å². The van der Waals surface area contributed by atoms with E-state index < -0.39 is 12.6 Å². The Morgan fingerprint density at radius 2 is 1.38 bits per heavy atom. The summed E-state index contributed by atoms with van der Waals surface area (Å²) in [6, 6.07) is 10.7. The largest absolute Gasteiger partial charge is 0.364 e. The van der Waals surface area contributed by atoms with Crippen molar-refractivity contribution in [3.05, 3.63) is 58.1 Å². The van der Waals surface area contributed by atoms with E-state index in [2.05, 4.69) is 0 Å². The van der Waals surface area contributed by atoms with E-state index in [-0.39, 0.29) is 16.9 Å². The number of hydrogen-bond donors (Lipinski definition) is 4. The molecule has 0 spiro atoms. The maximum Gasteiger partial charge on any atom is 0.178 e. The van der Waals surface area contributed by atoms with Crippen LogP contribution in [0.4, 0.5) is 0 Å². The molecule has 0 saturated carbocycles. The van der Waals surface area contributed by atoms with Gasteiger partial charge >= 0.3 is 0 Å². The molecule has 0 heterocycles. The summed E-state index contributed by atoms with van der Waals surface area (Å²) < 4.78 is 4.99. The maximum atomic E-state index is 9.23. The van der Waals surface area contributed by atoms with Crippen LogP contribution in [-0.4, -0.2) is 20.4 Å². The van der Waals surface area contributed by atoms with Crippen molar-refractivity contribution in [3.63, 3.8) is 0 Å². The number of rotatable bonds is 6. The van der Waals surface area contributed by atoms with Gasteiger partial charge in [-0.3, -0.25) is 0 Å². The van der Waals surface area contributed by atoms with Crippen molar-refractivity contribution in [1.82, 2.24) is 0 Å². The molecule has 0 aliphatic rings. The van der Waals surface area contributed by atoms with Gasteiger partial charge in [-0.2, -0.15) is 10.5 Å². The number of aliphatic hydroxyl groups excluding tert-OH is 2. The number of nitriles is 2. The summed E-state index contributed by atoms with van der Waals surface area (Å²) in [6.45, 7) is 1.66. The van der Waals surface area contributed by atoms with E-state index in [9.17, 15) is 20.4 Å². The SMILES string of the molecule is Cc1c(C#N)cc(SOOc2cc(C(O)O)cc(C(O)O)c2)cc1C#N. The van der Waals surface area contributed by atoms with E-state index in [0.29, 0.717) is 21.6 Å². The predicted octanol–water partition coefficient (Wildman–Crippen LogP) is 1.72. The third kappa shape index (κ3) is 4.71. The summed E-state index contributed by atoms with van der Waals surface area (Å²) in [4.78, 5) is 5.47. The molecule has 0 aromatic heterocycles. The zero-order valence-electron chi connectivity index (χ0n) is 13.4. The van der Waals surface area contributed by atoms with Gasteiger partial charge < -0.3 is 25.3 Å². The van der Waals surface area contributed by atoms with Crippen LogP contribution in [0.25, 0.3) is 0 Å². The van der Waals surface area contributed by atoms with Gasteiger partial charge in [0.15, 0.2) is 18.3 Å². The van der Waals surface area contributed by atoms with Crippen LogP contribution >= 0.6 is 12.0 Å². The summed E-state index contributed by atoms with van der Waals surface area (Å²) in [5.41, 5.74) is 1.17. The van der Waals surface area contributed by atoms with Crippen LogP contribution < -0.4 is 4.89 Å². The fraction of sp³-hybridized carbons (Fsp3) is 0.176. The zero-order valence-corrected chi connectivity index (χ0v) is 14.3. The van der Waals surface area contributed by atoms with E-state index >= 15 is 0 Å². The van der Waals surface area contributed by atoms with Crippen LogP contribution in [0.5, 0.6) is 5.75 Å². The van der Waals surface area contributed by atoms with E-state index in [0.717, 1.165) is 12.0 Å². The molecule has 0 atom stereocenters. The highest BCUT2D eigenvalue weighted by atomic mass is 32.2. The lowest BCUT2D eigenvalue weighted by Gasteiger charge is -2.12. The van der Waals surface area contributed by atoms with Gasteiger partial charge in [-0.05, 0) is 42.8 Å². The first-order chi connectivity index (χ1) is 12.3. The minimum atomic E-state index is -1.84. The van der Waals surface area contributed by atoms with Gasteiger partial charge in [0.1, 0.15) is 0 Å². The third-order valence-electron chi connectivity index (χ3n) is 3.43. The van der Waals surface area contributed by atoms with Crippen molar-refractivity contribution >= 4 is 12.0 Å². The molecule has 0 aliphatic carbocycles. The second-order valence-corrected chi connectivity index (χ2v) is 5.96. The highest BCUT2D eigenvalue weighted by Gasteiger charge is 2.13. The van der Waals surface area contributed by atoms with Crippen molar-refractivity contribution in [2.75, 3.05) is 0 Å². The number of aliphatic hydroxyl groups is 4. The number of nitrogens with zero attached hydrogens (tertiary/aromatic N) is 2. The van der Waals surface area contributed by atoms with Crippen LogP contribution in [0, 0.1) is 29.6 Å². The topological polar surface area (TPSA) is 147 Å². The first kappa shape index (κ1) is 19.7. The van der Waals surface area contributed by atoms with Crippen molar-refractivity contribution in [2.45, 2.75) is 24.4 Å². The van der Waals surface area contributed by atoms with Gasteiger partial charge in [-0.15, -0.1) is 4.33 Å². The lowest BCUT2D eigenvalue weighted by Crippen LogP contribution is -2.02. The molecule has 0 radical (unpaired) electrons. The molecule has 2 aromatic carbocycles. The van der Waals surface area contributed by atoms with Crippen LogP contribution in [0.2, 0.25) is 0 Å². The second kappa shape index (κ2) is 8.65. The Morgan fingerprint density at radius 1 is 0.885 bits per heavy atom. The zero-order chi connectivity index (χ0) is 19.3. The fourth-order valence-corrected chi connectivity index (χ4v) is 2.58. The molecule has 0 unspecified atom stereocenters. The standard InChI is InChI=1S/C17H14N2O6S/c1-9-12(7-18)5-15(6-13(9)8-19)26-25-24-14-3-10(16(20)21)2-11(4-14)17(22)23/h2-6,16-17,20-23H,1H3. The average Bonchev–Trinajstić information content (AvgIpc) is 2.62. The van der Waals surface area contributed by atoms with Crippen LogP contribution in [0.3, 0.4) is 0 Å². The van der Waals surface area contributed by atoms with Gasteiger partial charge in [-0.1, -0.05) is 0 Å². The van der Waals surface area contributed by atoms with Gasteiger partial charge in [0.2, 0.25) is 0 Å². The summed E-state index contributed by atoms with van der Waals surface area (Å²) in [5.74, 6) is -0.000625. The third-order valence-corrected chi connectivity index (χ3v) is 3.99. The Labute approximate surface area is 153 Å². The highest BCUT2D eigenvalue weighted by Crippen LogP contribution is 2.28. The molecule has 2 rings (SSSR count). The molecule has 134 valence electrons. The van der Waals surface area contributed by atoms with E-state index in [4.69, 9.17) is 19.7 Å². The molecular formula is C17H14N2O6S. The van der Waals surface area contributed by atoms with E-state index in [1.165, 1.54) is 30.3 Å².